The van der Waals surface area contributed by atoms with E-state index in [9.17, 15) is 18.0 Å². The number of nitrogens with zero attached hydrogens (tertiary/aromatic N) is 3. The number of likely N-dealkylation sites (tertiary alicyclic amines) is 3. The van der Waals surface area contributed by atoms with Crippen LogP contribution in [0.5, 0.6) is 0 Å². The number of piperidine rings is 1. The highest BCUT2D eigenvalue weighted by Crippen LogP contribution is 2.25. The van der Waals surface area contributed by atoms with Crippen molar-refractivity contribution in [2.75, 3.05) is 39.3 Å². The first kappa shape index (κ1) is 27.1. The van der Waals surface area contributed by atoms with Crippen molar-refractivity contribution in [3.05, 3.63) is 53.6 Å². The normalized spacial score (nSPS) is 22.8. The number of sulfonamides is 1. The zero-order chi connectivity index (χ0) is 26.7. The molecule has 2 atom stereocenters. The molecule has 0 radical (unpaired) electrons. The fourth-order valence-electron chi connectivity index (χ4n) is 5.82. The van der Waals surface area contributed by atoms with Gasteiger partial charge >= 0.3 is 0 Å². The third kappa shape index (κ3) is 6.22. The molecule has 0 aromatic heterocycles. The van der Waals surface area contributed by atoms with E-state index in [0.29, 0.717) is 24.4 Å². The molecule has 3 aliphatic rings. The van der Waals surface area contributed by atoms with Crippen LogP contribution in [0, 0.1) is 0 Å². The number of nitrogens with one attached hydrogen (secondary N) is 1. The lowest BCUT2D eigenvalue weighted by Crippen LogP contribution is -2.55. The van der Waals surface area contributed by atoms with Crippen LogP contribution in [0.4, 0.5) is 0 Å². The van der Waals surface area contributed by atoms with Crippen molar-refractivity contribution in [3.8, 4) is 11.1 Å². The van der Waals surface area contributed by atoms with E-state index in [2.05, 4.69) is 9.62 Å². The van der Waals surface area contributed by atoms with Crippen molar-refractivity contribution in [3.63, 3.8) is 0 Å². The Morgan fingerprint density at radius 3 is 2.42 bits per heavy atom. The van der Waals surface area contributed by atoms with Crippen LogP contribution < -0.4 is 4.72 Å². The number of halogens is 1. The van der Waals surface area contributed by atoms with Crippen LogP contribution >= 0.6 is 11.6 Å². The van der Waals surface area contributed by atoms with Gasteiger partial charge in [-0.05, 0) is 87.0 Å². The van der Waals surface area contributed by atoms with Gasteiger partial charge in [0.25, 0.3) is 0 Å². The Hall–Kier alpha value is -2.46. The summed E-state index contributed by atoms with van der Waals surface area (Å²) in [5, 5.41) is 0.602. The van der Waals surface area contributed by atoms with Gasteiger partial charge in [0.05, 0.1) is 11.4 Å². The summed E-state index contributed by atoms with van der Waals surface area (Å²) in [6.45, 7) is 4.26. The number of hydrogen-bond acceptors (Lipinski definition) is 5. The lowest BCUT2D eigenvalue weighted by atomic mass is 10.1. The number of amides is 2. The van der Waals surface area contributed by atoms with Crippen LogP contribution in [0.1, 0.15) is 38.5 Å². The van der Waals surface area contributed by atoms with Gasteiger partial charge in [-0.3, -0.25) is 9.59 Å². The van der Waals surface area contributed by atoms with E-state index in [0.717, 1.165) is 50.1 Å². The van der Waals surface area contributed by atoms with E-state index in [1.165, 1.54) is 23.8 Å². The molecule has 3 heterocycles. The summed E-state index contributed by atoms with van der Waals surface area (Å²) in [5.74, 6) is -0.378. The minimum absolute atomic E-state index is 0.000384. The third-order valence-electron chi connectivity index (χ3n) is 7.84. The standard InChI is InChI=1S/C28H35ClN4O4S/c29-23-12-10-21(11-13-23)22-6-3-8-25(18-22)38(36,37)30-26-9-5-16-32(28(26)35)20-27(34)33-17-4-7-24(33)19-31-14-1-2-15-31/h3,6,8,10-13,18,24,26,30H,1-2,4-5,7,9,14-17,19-20H2/t24-,26-/m0/s1. The second-order valence-corrected chi connectivity index (χ2v) is 12.7. The molecule has 0 aliphatic carbocycles. The summed E-state index contributed by atoms with van der Waals surface area (Å²) in [5.41, 5.74) is 1.58. The smallest absolute Gasteiger partial charge is 0.242 e. The number of hydrogen-bond donors (Lipinski definition) is 1. The zero-order valence-corrected chi connectivity index (χ0v) is 23.1. The predicted molar refractivity (Wildman–Crippen MR) is 147 cm³/mol. The number of carbonyl (C=O) groups excluding carboxylic acids is 2. The maximum atomic E-state index is 13.3. The molecule has 0 saturated carbocycles. The lowest BCUT2D eigenvalue weighted by molar-refractivity contribution is -0.143. The van der Waals surface area contributed by atoms with E-state index < -0.39 is 16.1 Å². The molecule has 0 bridgehead atoms. The molecule has 0 spiro atoms. The minimum atomic E-state index is -3.95. The second kappa shape index (κ2) is 11.7. The molecular weight excluding hydrogens is 524 g/mol. The number of carbonyl (C=O) groups is 2. The van der Waals surface area contributed by atoms with Gasteiger partial charge in [-0.25, -0.2) is 8.42 Å². The fraction of sp³-hybridized carbons (Fsp3) is 0.500. The van der Waals surface area contributed by atoms with Crippen LogP contribution in [0.3, 0.4) is 0 Å². The Morgan fingerprint density at radius 2 is 1.66 bits per heavy atom. The van der Waals surface area contributed by atoms with Crippen LogP contribution in [-0.2, 0) is 19.6 Å². The Balaban J connectivity index is 1.23. The van der Waals surface area contributed by atoms with Gasteiger partial charge in [0.15, 0.2) is 0 Å². The van der Waals surface area contributed by atoms with Crippen LogP contribution in [-0.4, -0.2) is 86.3 Å². The molecule has 10 heteroatoms. The molecule has 38 heavy (non-hydrogen) atoms. The van der Waals surface area contributed by atoms with Gasteiger partial charge in [-0.15, -0.1) is 0 Å². The van der Waals surface area contributed by atoms with Gasteiger partial charge in [0.2, 0.25) is 21.8 Å². The Kier molecular flexibility index (Phi) is 8.38. The quantitative estimate of drug-likeness (QED) is 0.536. The van der Waals surface area contributed by atoms with Crippen LogP contribution in [0.2, 0.25) is 5.02 Å². The zero-order valence-electron chi connectivity index (χ0n) is 21.5. The molecule has 3 fully saturated rings. The first-order valence-electron chi connectivity index (χ1n) is 13.5. The van der Waals surface area contributed by atoms with E-state index >= 15 is 0 Å². The molecule has 0 unspecified atom stereocenters. The monoisotopic (exact) mass is 558 g/mol. The van der Waals surface area contributed by atoms with E-state index in [4.69, 9.17) is 11.6 Å². The number of benzene rings is 2. The van der Waals surface area contributed by atoms with Gasteiger partial charge in [-0.2, -0.15) is 4.72 Å². The van der Waals surface area contributed by atoms with Gasteiger partial charge in [0.1, 0.15) is 6.04 Å². The molecule has 2 aromatic rings. The molecule has 2 amide bonds. The van der Waals surface area contributed by atoms with Crippen molar-refractivity contribution in [2.24, 2.45) is 0 Å². The molecule has 3 saturated heterocycles. The number of rotatable bonds is 8. The van der Waals surface area contributed by atoms with Crippen molar-refractivity contribution in [1.82, 2.24) is 19.4 Å². The average molecular weight is 559 g/mol. The lowest BCUT2D eigenvalue weighted by Gasteiger charge is -2.34. The van der Waals surface area contributed by atoms with E-state index in [1.54, 1.807) is 24.3 Å². The topological polar surface area (TPSA) is 90.0 Å². The average Bonchev–Trinajstić information content (AvgIpc) is 3.60. The fourth-order valence-corrected chi connectivity index (χ4v) is 7.21. The molecule has 3 aliphatic heterocycles. The van der Waals surface area contributed by atoms with Gasteiger partial charge in [-0.1, -0.05) is 35.9 Å². The predicted octanol–water partition coefficient (Wildman–Crippen LogP) is 3.36. The Morgan fingerprint density at radius 1 is 0.921 bits per heavy atom. The molecule has 2 aromatic carbocycles. The third-order valence-corrected chi connectivity index (χ3v) is 9.56. The summed E-state index contributed by atoms with van der Waals surface area (Å²) < 4.78 is 29.1. The highest BCUT2D eigenvalue weighted by molar-refractivity contribution is 7.89. The second-order valence-electron chi connectivity index (χ2n) is 10.5. The highest BCUT2D eigenvalue weighted by Gasteiger charge is 2.36. The molecule has 204 valence electrons. The molecule has 1 N–H and O–H groups in total. The summed E-state index contributed by atoms with van der Waals surface area (Å²) in [4.78, 5) is 32.5. The van der Waals surface area contributed by atoms with Crippen molar-refractivity contribution >= 4 is 33.4 Å². The molecule has 8 nitrogen and oxygen atoms in total. The van der Waals surface area contributed by atoms with E-state index in [1.807, 2.05) is 23.1 Å². The first-order valence-corrected chi connectivity index (χ1v) is 15.4. The van der Waals surface area contributed by atoms with Gasteiger partial charge in [0, 0.05) is 30.7 Å². The largest absolute Gasteiger partial charge is 0.337 e. The molecule has 5 rings (SSSR count). The SMILES string of the molecule is O=C1[C@@H](NS(=O)(=O)c2cccc(-c3ccc(Cl)cc3)c2)CCCN1CC(=O)N1CCC[C@H]1CN1CCCC1. The first-order chi connectivity index (χ1) is 18.3. The maximum Gasteiger partial charge on any atom is 0.242 e. The molecular formula is C28H35ClN4O4S. The summed E-state index contributed by atoms with van der Waals surface area (Å²) in [6.07, 6.45) is 5.44. The van der Waals surface area contributed by atoms with Crippen molar-refractivity contribution in [2.45, 2.75) is 55.5 Å². The Bertz CT molecular complexity index is 1260. The highest BCUT2D eigenvalue weighted by atomic mass is 35.5. The van der Waals surface area contributed by atoms with Crippen molar-refractivity contribution in [1.29, 1.82) is 0 Å². The summed E-state index contributed by atoms with van der Waals surface area (Å²) >= 11 is 5.98. The minimum Gasteiger partial charge on any atom is -0.337 e. The van der Waals surface area contributed by atoms with E-state index in [-0.39, 0.29) is 29.3 Å². The Labute approximate surface area is 230 Å². The maximum absolute atomic E-state index is 13.3. The van der Waals surface area contributed by atoms with Crippen LogP contribution in [0.15, 0.2) is 53.4 Å². The van der Waals surface area contributed by atoms with Crippen LogP contribution in [0.25, 0.3) is 11.1 Å². The summed E-state index contributed by atoms with van der Waals surface area (Å²) in [6, 6.07) is 13.1. The van der Waals surface area contributed by atoms with Crippen molar-refractivity contribution < 1.29 is 18.0 Å². The summed E-state index contributed by atoms with van der Waals surface area (Å²) in [7, 11) is -3.95. The van der Waals surface area contributed by atoms with Gasteiger partial charge < -0.3 is 14.7 Å².